The highest BCUT2D eigenvalue weighted by atomic mass is 19.4. The van der Waals surface area contributed by atoms with Crippen molar-refractivity contribution in [2.24, 2.45) is 5.92 Å². The zero-order chi connectivity index (χ0) is 20.8. The number of carbonyl (C=O) groups is 2. The Balaban J connectivity index is 1.30. The van der Waals surface area contributed by atoms with Crippen LogP contribution in [0, 0.1) is 5.92 Å². The maximum Gasteiger partial charge on any atom is 0.417 e. The Morgan fingerprint density at radius 2 is 1.83 bits per heavy atom. The second kappa shape index (κ2) is 7.07. The van der Waals surface area contributed by atoms with E-state index >= 15 is 0 Å². The first kappa shape index (κ1) is 19.8. The fourth-order valence-electron chi connectivity index (χ4n) is 4.46. The molecule has 158 valence electrons. The fraction of sp³-hybridized carbons (Fsp3) is 0.632. The van der Waals surface area contributed by atoms with Crippen molar-refractivity contribution in [2.75, 3.05) is 26.2 Å². The molecule has 0 aromatic carbocycles. The van der Waals surface area contributed by atoms with Crippen LogP contribution in [-0.2, 0) is 17.5 Å². The zero-order valence-corrected chi connectivity index (χ0v) is 15.9. The Bertz CT molecular complexity index is 868. The maximum atomic E-state index is 12.9. The molecule has 0 aliphatic carbocycles. The van der Waals surface area contributed by atoms with Gasteiger partial charge in [-0.25, -0.2) is 4.79 Å². The van der Waals surface area contributed by atoms with Gasteiger partial charge in [0.25, 0.3) is 5.56 Å². The van der Waals surface area contributed by atoms with Gasteiger partial charge in [0.1, 0.15) is 0 Å². The Morgan fingerprint density at radius 3 is 2.41 bits per heavy atom. The molecule has 0 unspecified atom stereocenters. The smallest absolute Gasteiger partial charge is 0.347 e. The number of carbonyl (C=O) groups excluding carboxylic acids is 2. The minimum absolute atomic E-state index is 0.0303. The van der Waals surface area contributed by atoms with E-state index in [1.54, 1.807) is 9.80 Å². The summed E-state index contributed by atoms with van der Waals surface area (Å²) in [7, 11) is 0. The van der Waals surface area contributed by atoms with E-state index in [-0.39, 0.29) is 29.9 Å². The van der Waals surface area contributed by atoms with Crippen molar-refractivity contribution in [3.05, 3.63) is 34.2 Å². The van der Waals surface area contributed by atoms with Gasteiger partial charge < -0.3 is 19.7 Å². The second-order valence-electron chi connectivity index (χ2n) is 8.30. The van der Waals surface area contributed by atoms with Gasteiger partial charge in [-0.15, -0.1) is 0 Å². The van der Waals surface area contributed by atoms with Gasteiger partial charge in [-0.2, -0.15) is 13.2 Å². The van der Waals surface area contributed by atoms with Crippen molar-refractivity contribution in [1.82, 2.24) is 19.7 Å². The molecule has 0 atom stereocenters. The molecule has 3 aliphatic rings. The number of alkyl halides is 3. The maximum absolute atomic E-state index is 12.9. The molecule has 0 saturated carbocycles. The van der Waals surface area contributed by atoms with Crippen molar-refractivity contribution in [1.29, 1.82) is 0 Å². The highest BCUT2D eigenvalue weighted by Gasteiger charge is 2.50. The Kier molecular flexibility index (Phi) is 4.82. The number of rotatable bonds is 2. The van der Waals surface area contributed by atoms with Crippen molar-refractivity contribution < 1.29 is 22.8 Å². The van der Waals surface area contributed by atoms with Crippen LogP contribution >= 0.6 is 0 Å². The lowest BCUT2D eigenvalue weighted by Crippen LogP contribution is -2.70. The Morgan fingerprint density at radius 1 is 1.14 bits per heavy atom. The number of aromatic nitrogens is 1. The molecule has 3 aliphatic heterocycles. The summed E-state index contributed by atoms with van der Waals surface area (Å²) in [4.78, 5) is 39.4. The van der Waals surface area contributed by atoms with Crippen LogP contribution < -0.4 is 10.9 Å². The van der Waals surface area contributed by atoms with Crippen LogP contribution in [-0.4, -0.2) is 58.0 Å². The van der Waals surface area contributed by atoms with E-state index < -0.39 is 17.3 Å². The second-order valence-corrected chi connectivity index (χ2v) is 8.30. The van der Waals surface area contributed by atoms with E-state index in [9.17, 15) is 27.6 Å². The summed E-state index contributed by atoms with van der Waals surface area (Å²) in [5, 5.41) is 2.95. The SMILES string of the molecule is O=C1CCC2(CN(C(=O)N3CCC(Cn4cc(C(F)(F)F)ccc4=O)CC3)C2)N1. The number of pyridine rings is 1. The van der Waals surface area contributed by atoms with Gasteiger partial charge in [0.05, 0.1) is 11.1 Å². The predicted octanol–water partition coefficient (Wildman–Crippen LogP) is 1.66. The molecule has 3 amide bonds. The van der Waals surface area contributed by atoms with Crippen LogP contribution in [0.5, 0.6) is 0 Å². The highest BCUT2D eigenvalue weighted by Crippen LogP contribution is 2.32. The molecule has 4 heterocycles. The molecule has 10 heteroatoms. The monoisotopic (exact) mass is 412 g/mol. The van der Waals surface area contributed by atoms with E-state index in [1.165, 1.54) is 0 Å². The molecule has 7 nitrogen and oxygen atoms in total. The third kappa shape index (κ3) is 3.97. The number of likely N-dealkylation sites (tertiary alicyclic amines) is 2. The van der Waals surface area contributed by atoms with Gasteiger partial charge in [-0.1, -0.05) is 0 Å². The minimum Gasteiger partial charge on any atom is -0.347 e. The number of hydrogen-bond acceptors (Lipinski definition) is 3. The zero-order valence-electron chi connectivity index (χ0n) is 15.9. The summed E-state index contributed by atoms with van der Waals surface area (Å²) >= 11 is 0. The van der Waals surface area contributed by atoms with Gasteiger partial charge in [-0.05, 0) is 31.2 Å². The van der Waals surface area contributed by atoms with Gasteiger partial charge >= 0.3 is 12.2 Å². The average Bonchev–Trinajstić information content (AvgIpc) is 3.04. The molecule has 1 spiro atoms. The van der Waals surface area contributed by atoms with Gasteiger partial charge in [0.2, 0.25) is 5.91 Å². The number of hydrogen-bond donors (Lipinski definition) is 1. The molecule has 3 saturated heterocycles. The van der Waals surface area contributed by atoms with Crippen LogP contribution in [0.15, 0.2) is 23.1 Å². The number of piperidine rings is 1. The van der Waals surface area contributed by atoms with Crippen LogP contribution in [0.25, 0.3) is 0 Å². The first-order chi connectivity index (χ1) is 13.7. The summed E-state index contributed by atoms with van der Waals surface area (Å²) in [5.41, 5.74) is -1.55. The predicted molar refractivity (Wildman–Crippen MR) is 97.1 cm³/mol. The molecule has 4 rings (SSSR count). The normalized spacial score (nSPS) is 22.0. The minimum atomic E-state index is -4.49. The topological polar surface area (TPSA) is 74.7 Å². The summed E-state index contributed by atoms with van der Waals surface area (Å²) in [6.45, 7) is 2.28. The van der Waals surface area contributed by atoms with E-state index in [0.29, 0.717) is 45.4 Å². The summed E-state index contributed by atoms with van der Waals surface area (Å²) in [6, 6.07) is 1.68. The Labute approximate surface area is 165 Å². The van der Waals surface area contributed by atoms with Crippen molar-refractivity contribution in [3.8, 4) is 0 Å². The van der Waals surface area contributed by atoms with E-state index in [2.05, 4.69) is 5.32 Å². The lowest BCUT2D eigenvalue weighted by Gasteiger charge is -2.49. The number of nitrogens with zero attached hydrogens (tertiary/aromatic N) is 3. The molecule has 3 fully saturated rings. The molecule has 0 radical (unpaired) electrons. The molecule has 0 bridgehead atoms. The number of urea groups is 1. The molecular weight excluding hydrogens is 389 g/mol. The van der Waals surface area contributed by atoms with Crippen molar-refractivity contribution >= 4 is 11.9 Å². The molecule has 1 aromatic rings. The third-order valence-corrected chi connectivity index (χ3v) is 6.14. The summed E-state index contributed by atoms with van der Waals surface area (Å²) in [6.07, 6.45) is -1.10. The lowest BCUT2D eigenvalue weighted by atomic mass is 9.88. The quantitative estimate of drug-likeness (QED) is 0.803. The average molecular weight is 412 g/mol. The number of halogens is 3. The van der Waals surface area contributed by atoms with Crippen LogP contribution in [0.3, 0.4) is 0 Å². The van der Waals surface area contributed by atoms with Crippen molar-refractivity contribution in [2.45, 2.75) is 43.9 Å². The largest absolute Gasteiger partial charge is 0.417 e. The van der Waals surface area contributed by atoms with Gasteiger partial charge in [0.15, 0.2) is 0 Å². The van der Waals surface area contributed by atoms with Gasteiger partial charge in [-0.3, -0.25) is 9.59 Å². The van der Waals surface area contributed by atoms with E-state index in [1.807, 2.05) is 0 Å². The van der Waals surface area contributed by atoms with E-state index in [4.69, 9.17) is 0 Å². The number of nitrogens with one attached hydrogen (secondary N) is 1. The summed E-state index contributed by atoms with van der Waals surface area (Å²) in [5.74, 6) is 0.0693. The Hall–Kier alpha value is -2.52. The summed E-state index contributed by atoms with van der Waals surface area (Å²) < 4.78 is 39.7. The molecule has 29 heavy (non-hydrogen) atoms. The lowest BCUT2D eigenvalue weighted by molar-refractivity contribution is -0.138. The number of amides is 3. The van der Waals surface area contributed by atoms with Gasteiger partial charge in [0, 0.05) is 51.4 Å². The van der Waals surface area contributed by atoms with Crippen LogP contribution in [0.2, 0.25) is 0 Å². The first-order valence-corrected chi connectivity index (χ1v) is 9.78. The molecule has 1 aromatic heterocycles. The third-order valence-electron chi connectivity index (χ3n) is 6.14. The molecular formula is C19H23F3N4O3. The van der Waals surface area contributed by atoms with E-state index in [0.717, 1.165) is 29.3 Å². The highest BCUT2D eigenvalue weighted by molar-refractivity contribution is 5.82. The fourth-order valence-corrected chi connectivity index (χ4v) is 4.46. The van der Waals surface area contributed by atoms with Crippen molar-refractivity contribution in [3.63, 3.8) is 0 Å². The van der Waals surface area contributed by atoms with Crippen LogP contribution in [0.1, 0.15) is 31.2 Å². The molecule has 1 N–H and O–H groups in total. The standard InChI is InChI=1S/C19H23F3N4O3/c20-19(21,22)14-1-2-16(28)25(10-14)9-13-4-7-24(8-5-13)17(29)26-11-18(12-26)6-3-15(27)23-18/h1-2,10,13H,3-9,11-12H2,(H,23,27). The van der Waals surface area contributed by atoms with Crippen LogP contribution in [0.4, 0.5) is 18.0 Å². The first-order valence-electron chi connectivity index (χ1n) is 9.78.